The van der Waals surface area contributed by atoms with E-state index in [1.807, 2.05) is 4.57 Å². The fraction of sp³-hybridized carbons (Fsp3) is 0.714. The number of carbonyl (C=O) groups is 1. The Morgan fingerprint density at radius 2 is 2.20 bits per heavy atom. The van der Waals surface area contributed by atoms with Gasteiger partial charge >= 0.3 is 0 Å². The predicted octanol–water partition coefficient (Wildman–Crippen LogP) is 0.444. The molecule has 6 nitrogen and oxygen atoms in total. The van der Waals surface area contributed by atoms with Crippen LogP contribution in [0.25, 0.3) is 0 Å². The molecule has 0 saturated carbocycles. The highest BCUT2D eigenvalue weighted by Crippen LogP contribution is 2.13. The molecule has 1 aromatic heterocycles. The number of aromatic nitrogens is 2. The topological polar surface area (TPSA) is 76.2 Å². The Morgan fingerprint density at radius 1 is 1.50 bits per heavy atom. The number of likely N-dealkylation sites (tertiary alicyclic amines) is 1. The second kappa shape index (κ2) is 6.85. The summed E-state index contributed by atoms with van der Waals surface area (Å²) in [4.78, 5) is 18.7. The van der Waals surface area contributed by atoms with Crippen molar-refractivity contribution in [1.82, 2.24) is 19.8 Å². The van der Waals surface area contributed by atoms with Crippen molar-refractivity contribution in [2.45, 2.75) is 45.3 Å². The lowest BCUT2D eigenvalue weighted by molar-refractivity contribution is 0.0896. The molecule has 0 aromatic carbocycles. The van der Waals surface area contributed by atoms with Gasteiger partial charge in [0.05, 0.1) is 6.33 Å². The maximum Gasteiger partial charge on any atom is 0.271 e. The van der Waals surface area contributed by atoms with Crippen LogP contribution in [-0.4, -0.2) is 52.1 Å². The minimum absolute atomic E-state index is 0.0798. The molecule has 0 unspecified atom stereocenters. The van der Waals surface area contributed by atoms with Crippen LogP contribution >= 0.6 is 0 Å². The number of imidazole rings is 1. The van der Waals surface area contributed by atoms with Crippen molar-refractivity contribution in [2.75, 3.05) is 19.6 Å². The number of amides is 1. The molecule has 1 fully saturated rings. The van der Waals surface area contributed by atoms with Crippen molar-refractivity contribution >= 4 is 5.91 Å². The average molecular weight is 279 g/mol. The molecule has 0 radical (unpaired) electrons. The van der Waals surface area contributed by atoms with Gasteiger partial charge in [0.2, 0.25) is 0 Å². The van der Waals surface area contributed by atoms with Crippen molar-refractivity contribution in [3.8, 4) is 0 Å². The molecule has 6 heteroatoms. The Hall–Kier alpha value is -1.40. The van der Waals surface area contributed by atoms with Gasteiger partial charge in [-0.2, -0.15) is 0 Å². The minimum atomic E-state index is -0.0798. The van der Waals surface area contributed by atoms with Gasteiger partial charge in [-0.15, -0.1) is 0 Å². The first-order chi connectivity index (χ1) is 9.60. The molecule has 1 saturated heterocycles. The molecule has 0 atom stereocenters. The molecule has 0 bridgehead atoms. The summed E-state index contributed by atoms with van der Waals surface area (Å²) in [5, 5.41) is 3.08. The monoisotopic (exact) mass is 279 g/mol. The number of hydrogen-bond acceptors (Lipinski definition) is 4. The third-order valence-corrected chi connectivity index (χ3v) is 3.85. The van der Waals surface area contributed by atoms with Crippen LogP contribution in [0.5, 0.6) is 0 Å². The summed E-state index contributed by atoms with van der Waals surface area (Å²) >= 11 is 0. The fourth-order valence-corrected chi connectivity index (χ4v) is 2.57. The first kappa shape index (κ1) is 15.0. The number of rotatable bonds is 5. The third kappa shape index (κ3) is 3.80. The minimum Gasteiger partial charge on any atom is -0.348 e. The van der Waals surface area contributed by atoms with E-state index in [2.05, 4.69) is 29.0 Å². The van der Waals surface area contributed by atoms with E-state index in [0.717, 1.165) is 25.9 Å². The van der Waals surface area contributed by atoms with Crippen LogP contribution in [0.15, 0.2) is 12.5 Å². The fourth-order valence-electron chi connectivity index (χ4n) is 2.57. The summed E-state index contributed by atoms with van der Waals surface area (Å²) in [6.07, 6.45) is 5.43. The maximum absolute atomic E-state index is 12.1. The molecule has 112 valence electrons. The Balaban J connectivity index is 1.82. The summed E-state index contributed by atoms with van der Waals surface area (Å²) in [6.45, 7) is 7.75. The number of nitrogens with two attached hydrogens (primary N) is 1. The number of piperidine rings is 1. The van der Waals surface area contributed by atoms with E-state index in [1.54, 1.807) is 12.5 Å². The molecule has 1 aliphatic heterocycles. The van der Waals surface area contributed by atoms with E-state index in [4.69, 9.17) is 5.73 Å². The van der Waals surface area contributed by atoms with E-state index in [9.17, 15) is 4.79 Å². The molecule has 0 aliphatic carbocycles. The average Bonchev–Trinajstić information content (AvgIpc) is 2.88. The van der Waals surface area contributed by atoms with E-state index >= 15 is 0 Å². The zero-order valence-corrected chi connectivity index (χ0v) is 12.4. The van der Waals surface area contributed by atoms with E-state index in [-0.39, 0.29) is 11.9 Å². The van der Waals surface area contributed by atoms with Gasteiger partial charge < -0.3 is 20.5 Å². The van der Waals surface area contributed by atoms with Gasteiger partial charge in [0.25, 0.3) is 5.91 Å². The van der Waals surface area contributed by atoms with Crippen molar-refractivity contribution in [3.05, 3.63) is 18.2 Å². The van der Waals surface area contributed by atoms with Gasteiger partial charge in [-0.25, -0.2) is 4.98 Å². The highest BCUT2D eigenvalue weighted by molar-refractivity contribution is 5.92. The second-order valence-electron chi connectivity index (χ2n) is 5.66. The molecule has 1 aromatic rings. The number of nitrogens with one attached hydrogen (secondary N) is 1. The van der Waals surface area contributed by atoms with E-state index < -0.39 is 0 Å². The van der Waals surface area contributed by atoms with Gasteiger partial charge in [-0.3, -0.25) is 4.79 Å². The van der Waals surface area contributed by atoms with Crippen LogP contribution in [0.1, 0.15) is 37.2 Å². The predicted molar refractivity (Wildman–Crippen MR) is 78.5 cm³/mol. The van der Waals surface area contributed by atoms with E-state index in [0.29, 0.717) is 24.8 Å². The van der Waals surface area contributed by atoms with Crippen molar-refractivity contribution in [2.24, 2.45) is 5.73 Å². The largest absolute Gasteiger partial charge is 0.348 e. The van der Waals surface area contributed by atoms with E-state index in [1.165, 1.54) is 0 Å². The maximum atomic E-state index is 12.1. The molecular formula is C14H25N5O. The van der Waals surface area contributed by atoms with Gasteiger partial charge in [-0.05, 0) is 26.7 Å². The molecule has 2 rings (SSSR count). The quantitative estimate of drug-likeness (QED) is 0.820. The van der Waals surface area contributed by atoms with Crippen molar-refractivity contribution in [3.63, 3.8) is 0 Å². The Labute approximate surface area is 120 Å². The summed E-state index contributed by atoms with van der Waals surface area (Å²) in [5.74, 6) is -0.0798. The van der Waals surface area contributed by atoms with Crippen molar-refractivity contribution < 1.29 is 4.79 Å². The van der Waals surface area contributed by atoms with Gasteiger partial charge in [0.15, 0.2) is 0 Å². The molecule has 20 heavy (non-hydrogen) atoms. The number of hydrogen-bond donors (Lipinski definition) is 2. The molecular weight excluding hydrogens is 254 g/mol. The lowest BCUT2D eigenvalue weighted by atomic mass is 10.0. The van der Waals surface area contributed by atoms with Crippen LogP contribution in [0.4, 0.5) is 0 Å². The summed E-state index contributed by atoms with van der Waals surface area (Å²) in [7, 11) is 0. The highest BCUT2D eigenvalue weighted by atomic mass is 16.2. The lowest BCUT2D eigenvalue weighted by Crippen LogP contribution is -2.46. The first-order valence-electron chi connectivity index (χ1n) is 7.37. The van der Waals surface area contributed by atoms with Crippen LogP contribution in [-0.2, 0) is 6.54 Å². The van der Waals surface area contributed by atoms with Gasteiger partial charge in [-0.1, -0.05) is 0 Å². The highest BCUT2D eigenvalue weighted by Gasteiger charge is 2.22. The lowest BCUT2D eigenvalue weighted by Gasteiger charge is -2.34. The van der Waals surface area contributed by atoms with Crippen LogP contribution in [0.3, 0.4) is 0 Å². The third-order valence-electron chi connectivity index (χ3n) is 3.85. The molecule has 1 amide bonds. The molecule has 2 heterocycles. The molecule has 0 spiro atoms. The number of nitrogens with zero attached hydrogens (tertiary/aromatic N) is 3. The Morgan fingerprint density at radius 3 is 2.80 bits per heavy atom. The van der Waals surface area contributed by atoms with Gasteiger partial charge in [0.1, 0.15) is 5.69 Å². The SMILES string of the molecule is CC(C)N1CCC(NC(=O)c2cn(CCN)cn2)CC1. The van der Waals surface area contributed by atoms with Gasteiger partial charge in [0, 0.05) is 44.5 Å². The summed E-state index contributed by atoms with van der Waals surface area (Å²) in [5.41, 5.74) is 5.96. The normalized spacial score (nSPS) is 17.6. The summed E-state index contributed by atoms with van der Waals surface area (Å²) < 4.78 is 1.84. The Kier molecular flexibility index (Phi) is 5.14. The zero-order valence-electron chi connectivity index (χ0n) is 12.4. The standard InChI is InChI=1S/C14H25N5O/c1-11(2)19-6-3-12(4-7-19)17-14(20)13-9-18(8-5-15)10-16-13/h9-12H,3-8,15H2,1-2H3,(H,17,20). The van der Waals surface area contributed by atoms with Crippen molar-refractivity contribution in [1.29, 1.82) is 0 Å². The molecule has 3 N–H and O–H groups in total. The second-order valence-corrected chi connectivity index (χ2v) is 5.66. The Bertz CT molecular complexity index is 435. The number of carbonyl (C=O) groups excluding carboxylic acids is 1. The zero-order chi connectivity index (χ0) is 14.5. The summed E-state index contributed by atoms with van der Waals surface area (Å²) in [6, 6.07) is 0.843. The first-order valence-corrected chi connectivity index (χ1v) is 7.37. The molecule has 1 aliphatic rings. The van der Waals surface area contributed by atoms with Crippen LogP contribution in [0, 0.1) is 0 Å². The smallest absolute Gasteiger partial charge is 0.271 e. The van der Waals surface area contributed by atoms with Crippen LogP contribution in [0.2, 0.25) is 0 Å². The van der Waals surface area contributed by atoms with Crippen LogP contribution < -0.4 is 11.1 Å².